The predicted octanol–water partition coefficient (Wildman–Crippen LogP) is 2.07. The van der Waals surface area contributed by atoms with Crippen molar-refractivity contribution in [2.45, 2.75) is 32.4 Å². The van der Waals surface area contributed by atoms with Crippen LogP contribution in [0.4, 0.5) is 0 Å². The minimum Gasteiger partial charge on any atom is -0.316 e. The molecule has 0 spiro atoms. The van der Waals surface area contributed by atoms with Crippen molar-refractivity contribution < 1.29 is 0 Å². The number of nitrogens with one attached hydrogen (secondary N) is 1. The van der Waals surface area contributed by atoms with Crippen molar-refractivity contribution in [1.29, 1.82) is 0 Å². The van der Waals surface area contributed by atoms with E-state index in [1.54, 1.807) is 0 Å². The first kappa shape index (κ1) is 12.1. The van der Waals surface area contributed by atoms with E-state index in [-0.39, 0.29) is 0 Å². The average Bonchev–Trinajstić information content (AvgIpc) is 2.98. The predicted molar refractivity (Wildman–Crippen MR) is 73.3 cm³/mol. The van der Waals surface area contributed by atoms with Crippen molar-refractivity contribution in [3.05, 3.63) is 30.1 Å². The maximum atomic E-state index is 4.53. The molecule has 2 aliphatic heterocycles. The first-order valence-electron chi connectivity index (χ1n) is 7.18. The lowest BCUT2D eigenvalue weighted by Gasteiger charge is -2.32. The van der Waals surface area contributed by atoms with E-state index in [0.717, 1.165) is 17.9 Å². The zero-order valence-electron chi connectivity index (χ0n) is 11.3. The molecule has 2 fully saturated rings. The van der Waals surface area contributed by atoms with Crippen LogP contribution in [0, 0.1) is 11.8 Å². The Balaban J connectivity index is 1.80. The smallest absolute Gasteiger partial charge is 0.0572 e. The second-order valence-corrected chi connectivity index (χ2v) is 5.69. The third-order valence-electron chi connectivity index (χ3n) is 4.79. The molecule has 0 bridgehead atoms. The fourth-order valence-electron chi connectivity index (χ4n) is 3.83. The van der Waals surface area contributed by atoms with Crippen LogP contribution in [0.1, 0.15) is 32.0 Å². The van der Waals surface area contributed by atoms with Gasteiger partial charge in [-0.2, -0.15) is 0 Å². The number of pyridine rings is 1. The molecule has 18 heavy (non-hydrogen) atoms. The molecule has 0 aromatic carbocycles. The Kier molecular flexibility index (Phi) is 3.35. The standard InChI is InChI=1S/C15H23N3/c1-3-15-13-9-16-8-12(13)10-18(15)11(2)14-6-4-5-7-17-14/h4-7,11-13,15-16H,3,8-10H2,1-2H3. The van der Waals surface area contributed by atoms with Gasteiger partial charge in [0.1, 0.15) is 0 Å². The summed E-state index contributed by atoms with van der Waals surface area (Å²) >= 11 is 0. The Morgan fingerprint density at radius 1 is 1.44 bits per heavy atom. The molecule has 1 aromatic rings. The summed E-state index contributed by atoms with van der Waals surface area (Å²) < 4.78 is 0. The van der Waals surface area contributed by atoms with Crippen LogP contribution in [0.3, 0.4) is 0 Å². The molecule has 1 aromatic heterocycles. The number of likely N-dealkylation sites (tertiary alicyclic amines) is 1. The first-order valence-corrected chi connectivity index (χ1v) is 7.18. The highest BCUT2D eigenvalue weighted by Gasteiger charge is 2.44. The molecule has 0 saturated carbocycles. The third kappa shape index (κ3) is 1.95. The van der Waals surface area contributed by atoms with Crippen molar-refractivity contribution in [1.82, 2.24) is 15.2 Å². The van der Waals surface area contributed by atoms with E-state index >= 15 is 0 Å². The summed E-state index contributed by atoms with van der Waals surface area (Å²) in [6.45, 7) is 8.26. The van der Waals surface area contributed by atoms with E-state index in [0.29, 0.717) is 6.04 Å². The monoisotopic (exact) mass is 245 g/mol. The fourth-order valence-corrected chi connectivity index (χ4v) is 3.83. The quantitative estimate of drug-likeness (QED) is 0.883. The molecule has 0 aliphatic carbocycles. The van der Waals surface area contributed by atoms with Gasteiger partial charge in [0.25, 0.3) is 0 Å². The van der Waals surface area contributed by atoms with E-state index in [9.17, 15) is 0 Å². The molecule has 98 valence electrons. The summed E-state index contributed by atoms with van der Waals surface area (Å²) in [6, 6.07) is 7.42. The molecular formula is C15H23N3. The topological polar surface area (TPSA) is 28.2 Å². The van der Waals surface area contributed by atoms with Gasteiger partial charge in [0.2, 0.25) is 0 Å². The minimum atomic E-state index is 0.446. The van der Waals surface area contributed by atoms with Crippen molar-refractivity contribution in [2.24, 2.45) is 11.8 Å². The second kappa shape index (κ2) is 4.98. The lowest BCUT2D eigenvalue weighted by molar-refractivity contribution is 0.163. The van der Waals surface area contributed by atoms with Crippen LogP contribution < -0.4 is 5.32 Å². The molecule has 0 radical (unpaired) electrons. The van der Waals surface area contributed by atoms with Crippen LogP contribution in [0.25, 0.3) is 0 Å². The van der Waals surface area contributed by atoms with Gasteiger partial charge in [0.15, 0.2) is 0 Å². The van der Waals surface area contributed by atoms with Crippen molar-refractivity contribution >= 4 is 0 Å². The summed E-state index contributed by atoms with van der Waals surface area (Å²) in [5.41, 5.74) is 1.21. The number of fused-ring (bicyclic) bond motifs is 1. The fraction of sp³-hybridized carbons (Fsp3) is 0.667. The minimum absolute atomic E-state index is 0.446. The van der Waals surface area contributed by atoms with Crippen molar-refractivity contribution in [3.8, 4) is 0 Å². The highest BCUT2D eigenvalue weighted by Crippen LogP contribution is 2.38. The van der Waals surface area contributed by atoms with Crippen LogP contribution in [0.15, 0.2) is 24.4 Å². The summed E-state index contributed by atoms with van der Waals surface area (Å²) in [6.07, 6.45) is 3.16. The normalized spacial score (nSPS) is 33.6. The molecule has 3 nitrogen and oxygen atoms in total. The van der Waals surface area contributed by atoms with Gasteiger partial charge in [-0.3, -0.25) is 9.88 Å². The Labute approximate surface area is 110 Å². The zero-order valence-corrected chi connectivity index (χ0v) is 11.3. The highest BCUT2D eigenvalue weighted by atomic mass is 15.2. The highest BCUT2D eigenvalue weighted by molar-refractivity contribution is 5.11. The largest absolute Gasteiger partial charge is 0.316 e. The summed E-state index contributed by atoms with van der Waals surface area (Å²) in [5, 5.41) is 3.55. The average molecular weight is 245 g/mol. The summed E-state index contributed by atoms with van der Waals surface area (Å²) in [5.74, 6) is 1.70. The lowest BCUT2D eigenvalue weighted by Crippen LogP contribution is -2.37. The van der Waals surface area contributed by atoms with Crippen molar-refractivity contribution in [3.63, 3.8) is 0 Å². The molecule has 0 amide bonds. The Hall–Kier alpha value is -0.930. The Bertz CT molecular complexity index is 392. The third-order valence-corrected chi connectivity index (χ3v) is 4.79. The van der Waals surface area contributed by atoms with Crippen LogP contribution >= 0.6 is 0 Å². The molecule has 2 saturated heterocycles. The number of rotatable bonds is 3. The van der Waals surface area contributed by atoms with Gasteiger partial charge in [-0.1, -0.05) is 13.0 Å². The van der Waals surface area contributed by atoms with E-state index in [2.05, 4.69) is 41.2 Å². The van der Waals surface area contributed by atoms with E-state index < -0.39 is 0 Å². The van der Waals surface area contributed by atoms with Crippen LogP contribution in [-0.2, 0) is 0 Å². The van der Waals surface area contributed by atoms with Gasteiger partial charge in [-0.05, 0) is 50.4 Å². The maximum Gasteiger partial charge on any atom is 0.0572 e. The molecule has 3 rings (SSSR count). The van der Waals surface area contributed by atoms with Gasteiger partial charge < -0.3 is 5.32 Å². The Morgan fingerprint density at radius 2 is 2.33 bits per heavy atom. The van der Waals surface area contributed by atoms with Crippen LogP contribution in [0.2, 0.25) is 0 Å². The number of hydrogen-bond donors (Lipinski definition) is 1. The van der Waals surface area contributed by atoms with Gasteiger partial charge in [0, 0.05) is 24.8 Å². The zero-order chi connectivity index (χ0) is 12.5. The SMILES string of the molecule is CCC1C2CNCC2CN1C(C)c1ccccn1. The van der Waals surface area contributed by atoms with E-state index in [1.165, 1.54) is 31.7 Å². The van der Waals surface area contributed by atoms with Crippen LogP contribution in [-0.4, -0.2) is 35.6 Å². The summed E-state index contributed by atoms with van der Waals surface area (Å²) in [7, 11) is 0. The van der Waals surface area contributed by atoms with Crippen LogP contribution in [0.5, 0.6) is 0 Å². The number of aromatic nitrogens is 1. The molecule has 1 N–H and O–H groups in total. The van der Waals surface area contributed by atoms with E-state index in [1.807, 2.05) is 12.3 Å². The Morgan fingerprint density at radius 3 is 3.06 bits per heavy atom. The molecule has 3 heterocycles. The molecule has 2 aliphatic rings. The number of hydrogen-bond acceptors (Lipinski definition) is 3. The molecular weight excluding hydrogens is 222 g/mol. The molecule has 4 unspecified atom stereocenters. The van der Waals surface area contributed by atoms with Crippen molar-refractivity contribution in [2.75, 3.05) is 19.6 Å². The maximum absolute atomic E-state index is 4.53. The number of nitrogens with zero attached hydrogens (tertiary/aromatic N) is 2. The van der Waals surface area contributed by atoms with Gasteiger partial charge in [-0.15, -0.1) is 0 Å². The second-order valence-electron chi connectivity index (χ2n) is 5.69. The lowest BCUT2D eigenvalue weighted by atomic mass is 9.92. The summed E-state index contributed by atoms with van der Waals surface area (Å²) in [4.78, 5) is 7.21. The van der Waals surface area contributed by atoms with Gasteiger partial charge in [0.05, 0.1) is 5.69 Å². The van der Waals surface area contributed by atoms with Gasteiger partial charge in [-0.25, -0.2) is 0 Å². The van der Waals surface area contributed by atoms with E-state index in [4.69, 9.17) is 0 Å². The molecule has 4 atom stereocenters. The first-order chi connectivity index (χ1) is 8.81. The molecule has 3 heteroatoms. The van der Waals surface area contributed by atoms with Gasteiger partial charge >= 0.3 is 0 Å².